The van der Waals surface area contributed by atoms with E-state index in [1.807, 2.05) is 18.2 Å². The number of nitrogens with zero attached hydrogens (tertiary/aromatic N) is 2. The Morgan fingerprint density at radius 2 is 2.14 bits per heavy atom. The SMILES string of the molecule is CCC1CCCCN1C(C#N)c1cc(OC)ccc1OC. The number of hydrogen-bond donors (Lipinski definition) is 0. The van der Waals surface area contributed by atoms with Crippen molar-refractivity contribution < 1.29 is 9.47 Å². The molecule has 1 heterocycles. The van der Waals surface area contributed by atoms with E-state index in [9.17, 15) is 5.26 Å². The number of methoxy groups -OCH3 is 2. The van der Waals surface area contributed by atoms with Gasteiger partial charge in [-0.2, -0.15) is 5.26 Å². The first-order chi connectivity index (χ1) is 10.2. The zero-order valence-corrected chi connectivity index (χ0v) is 13.1. The first-order valence-electron chi connectivity index (χ1n) is 7.62. The summed E-state index contributed by atoms with van der Waals surface area (Å²) in [7, 11) is 3.29. The van der Waals surface area contributed by atoms with Gasteiger partial charge in [-0.15, -0.1) is 0 Å². The number of rotatable bonds is 5. The van der Waals surface area contributed by atoms with Crippen molar-refractivity contribution in [2.45, 2.75) is 44.7 Å². The smallest absolute Gasteiger partial charge is 0.127 e. The Kier molecular flexibility index (Phi) is 5.46. The molecule has 0 bridgehead atoms. The molecule has 2 atom stereocenters. The molecule has 1 aromatic rings. The number of likely N-dealkylation sites (tertiary alicyclic amines) is 1. The van der Waals surface area contributed by atoms with Crippen molar-refractivity contribution in [3.63, 3.8) is 0 Å². The predicted octanol–water partition coefficient (Wildman–Crippen LogP) is 3.53. The Hall–Kier alpha value is -1.73. The van der Waals surface area contributed by atoms with Crippen molar-refractivity contribution in [1.82, 2.24) is 4.90 Å². The van der Waals surface area contributed by atoms with Crippen LogP contribution < -0.4 is 9.47 Å². The molecule has 0 radical (unpaired) electrons. The second-order valence-electron chi connectivity index (χ2n) is 5.44. The molecule has 1 fully saturated rings. The lowest BCUT2D eigenvalue weighted by Crippen LogP contribution is -2.41. The molecule has 2 rings (SSSR count). The van der Waals surface area contributed by atoms with Crippen LogP contribution in [0.4, 0.5) is 0 Å². The summed E-state index contributed by atoms with van der Waals surface area (Å²) in [5.41, 5.74) is 0.903. The topological polar surface area (TPSA) is 45.5 Å². The van der Waals surface area contributed by atoms with Crippen LogP contribution in [0.5, 0.6) is 11.5 Å². The lowest BCUT2D eigenvalue weighted by Gasteiger charge is -2.38. The van der Waals surface area contributed by atoms with Gasteiger partial charge in [0, 0.05) is 18.2 Å². The maximum Gasteiger partial charge on any atom is 0.127 e. The normalized spacial score (nSPS) is 20.6. The van der Waals surface area contributed by atoms with Gasteiger partial charge in [-0.25, -0.2) is 0 Å². The minimum absolute atomic E-state index is 0.278. The quantitative estimate of drug-likeness (QED) is 0.831. The van der Waals surface area contributed by atoms with Gasteiger partial charge in [0.2, 0.25) is 0 Å². The molecule has 0 aliphatic carbocycles. The molecule has 4 heteroatoms. The van der Waals surface area contributed by atoms with Crippen molar-refractivity contribution in [1.29, 1.82) is 5.26 Å². The molecule has 114 valence electrons. The highest BCUT2D eigenvalue weighted by molar-refractivity contribution is 5.44. The maximum atomic E-state index is 9.74. The highest BCUT2D eigenvalue weighted by Crippen LogP contribution is 2.36. The summed E-state index contributed by atoms with van der Waals surface area (Å²) in [6.45, 7) is 3.16. The molecule has 0 aromatic heterocycles. The number of nitriles is 1. The van der Waals surface area contributed by atoms with Gasteiger partial charge in [-0.05, 0) is 37.5 Å². The third kappa shape index (κ3) is 3.30. The van der Waals surface area contributed by atoms with Crippen molar-refractivity contribution in [3.05, 3.63) is 23.8 Å². The fraction of sp³-hybridized carbons (Fsp3) is 0.588. The van der Waals surface area contributed by atoms with E-state index in [0.717, 1.165) is 36.4 Å². The summed E-state index contributed by atoms with van der Waals surface area (Å²) in [5.74, 6) is 1.51. The van der Waals surface area contributed by atoms with Crippen LogP contribution in [0.15, 0.2) is 18.2 Å². The monoisotopic (exact) mass is 288 g/mol. The highest BCUT2D eigenvalue weighted by atomic mass is 16.5. The summed E-state index contributed by atoms with van der Waals surface area (Å²) >= 11 is 0. The molecule has 2 unspecified atom stereocenters. The molecule has 1 aromatic carbocycles. The van der Waals surface area contributed by atoms with Crippen LogP contribution in [0.25, 0.3) is 0 Å². The van der Waals surface area contributed by atoms with E-state index >= 15 is 0 Å². The van der Waals surface area contributed by atoms with Gasteiger partial charge in [-0.1, -0.05) is 13.3 Å². The van der Waals surface area contributed by atoms with Gasteiger partial charge in [0.15, 0.2) is 0 Å². The fourth-order valence-corrected chi connectivity index (χ4v) is 3.18. The minimum Gasteiger partial charge on any atom is -0.497 e. The van der Waals surface area contributed by atoms with Gasteiger partial charge in [0.05, 0.1) is 20.3 Å². The summed E-state index contributed by atoms with van der Waals surface area (Å²) in [4.78, 5) is 2.32. The van der Waals surface area contributed by atoms with Gasteiger partial charge < -0.3 is 9.47 Å². The first-order valence-corrected chi connectivity index (χ1v) is 7.62. The third-order valence-corrected chi connectivity index (χ3v) is 4.33. The van der Waals surface area contributed by atoms with Crippen LogP contribution in [-0.4, -0.2) is 31.7 Å². The van der Waals surface area contributed by atoms with Crippen LogP contribution in [0.2, 0.25) is 0 Å². The van der Waals surface area contributed by atoms with Gasteiger partial charge in [-0.3, -0.25) is 4.90 Å². The molecule has 0 spiro atoms. The molecule has 0 N–H and O–H groups in total. The van der Waals surface area contributed by atoms with Crippen molar-refractivity contribution >= 4 is 0 Å². The van der Waals surface area contributed by atoms with E-state index < -0.39 is 0 Å². The average molecular weight is 288 g/mol. The molecular weight excluding hydrogens is 264 g/mol. The minimum atomic E-state index is -0.278. The highest BCUT2D eigenvalue weighted by Gasteiger charge is 2.30. The van der Waals surface area contributed by atoms with E-state index in [4.69, 9.17) is 9.47 Å². The van der Waals surface area contributed by atoms with E-state index in [2.05, 4.69) is 17.9 Å². The van der Waals surface area contributed by atoms with Gasteiger partial charge in [0.1, 0.15) is 17.5 Å². The van der Waals surface area contributed by atoms with Gasteiger partial charge >= 0.3 is 0 Å². The van der Waals surface area contributed by atoms with Crippen LogP contribution >= 0.6 is 0 Å². The van der Waals surface area contributed by atoms with E-state index in [1.165, 1.54) is 12.8 Å². The van der Waals surface area contributed by atoms with Crippen LogP contribution in [0.3, 0.4) is 0 Å². The molecule has 0 saturated carbocycles. The molecule has 4 nitrogen and oxygen atoms in total. The number of hydrogen-bond acceptors (Lipinski definition) is 4. The molecular formula is C17H24N2O2. The predicted molar refractivity (Wildman–Crippen MR) is 82.5 cm³/mol. The molecule has 21 heavy (non-hydrogen) atoms. The number of benzene rings is 1. The fourth-order valence-electron chi connectivity index (χ4n) is 3.18. The lowest BCUT2D eigenvalue weighted by atomic mass is 9.95. The molecule has 1 aliphatic heterocycles. The number of ether oxygens (including phenoxy) is 2. The Morgan fingerprint density at radius 1 is 1.33 bits per heavy atom. The summed E-state index contributed by atoms with van der Waals surface area (Å²) in [6.07, 6.45) is 4.65. The third-order valence-electron chi connectivity index (χ3n) is 4.33. The van der Waals surface area contributed by atoms with Crippen molar-refractivity contribution in [3.8, 4) is 17.6 Å². The van der Waals surface area contributed by atoms with Crippen LogP contribution in [0.1, 0.15) is 44.2 Å². The first kappa shape index (κ1) is 15.7. The Morgan fingerprint density at radius 3 is 2.76 bits per heavy atom. The van der Waals surface area contributed by atoms with E-state index in [0.29, 0.717) is 6.04 Å². The second-order valence-corrected chi connectivity index (χ2v) is 5.44. The summed E-state index contributed by atoms with van der Waals surface area (Å²) < 4.78 is 10.8. The second kappa shape index (κ2) is 7.33. The lowest BCUT2D eigenvalue weighted by molar-refractivity contribution is 0.115. The Bertz CT molecular complexity index is 510. The van der Waals surface area contributed by atoms with Crippen molar-refractivity contribution in [2.24, 2.45) is 0 Å². The number of piperidine rings is 1. The van der Waals surface area contributed by atoms with Crippen LogP contribution in [-0.2, 0) is 0 Å². The van der Waals surface area contributed by atoms with Crippen molar-refractivity contribution in [2.75, 3.05) is 20.8 Å². The average Bonchev–Trinajstić information content (AvgIpc) is 2.55. The standard InChI is InChI=1S/C17H24N2O2/c1-4-13-7-5-6-10-19(13)16(12-18)15-11-14(20-2)8-9-17(15)21-3/h8-9,11,13,16H,4-7,10H2,1-3H3. The molecule has 1 saturated heterocycles. The Labute approximate surface area is 127 Å². The molecule has 1 aliphatic rings. The molecule has 0 amide bonds. The van der Waals surface area contributed by atoms with Crippen LogP contribution in [0, 0.1) is 11.3 Å². The largest absolute Gasteiger partial charge is 0.497 e. The summed E-state index contributed by atoms with van der Waals surface area (Å²) in [6, 6.07) is 8.33. The summed E-state index contributed by atoms with van der Waals surface area (Å²) in [5, 5.41) is 9.74. The maximum absolute atomic E-state index is 9.74. The zero-order valence-electron chi connectivity index (χ0n) is 13.1. The Balaban J connectivity index is 2.38. The van der Waals surface area contributed by atoms with E-state index in [-0.39, 0.29) is 6.04 Å². The van der Waals surface area contributed by atoms with Gasteiger partial charge in [0.25, 0.3) is 0 Å². The van der Waals surface area contributed by atoms with E-state index in [1.54, 1.807) is 14.2 Å². The zero-order chi connectivity index (χ0) is 15.2.